The quantitative estimate of drug-likeness (QED) is 0.657. The Morgan fingerprint density at radius 2 is 2.00 bits per heavy atom. The Morgan fingerprint density at radius 3 is 2.42 bits per heavy atom. The Kier molecular flexibility index (Phi) is 2.14. The number of aromatic nitrogens is 2. The van der Waals surface area contributed by atoms with Crippen molar-refractivity contribution in [3.05, 3.63) is 12.0 Å². The lowest BCUT2D eigenvalue weighted by Crippen LogP contribution is -2.43. The van der Waals surface area contributed by atoms with E-state index >= 15 is 0 Å². The predicted molar refractivity (Wildman–Crippen MR) is 49.4 cm³/mol. The van der Waals surface area contributed by atoms with Crippen molar-refractivity contribution in [1.29, 1.82) is 0 Å². The summed E-state index contributed by atoms with van der Waals surface area (Å²) in [5.74, 6) is -0.197. The van der Waals surface area contributed by atoms with Gasteiger partial charge in [0.05, 0.1) is 11.5 Å². The van der Waals surface area contributed by atoms with Crippen molar-refractivity contribution in [2.45, 2.75) is 19.6 Å². The Bertz CT molecular complexity index is 295. The van der Waals surface area contributed by atoms with Crippen LogP contribution in [0.25, 0.3) is 0 Å². The highest BCUT2D eigenvalue weighted by Gasteiger charge is 2.23. The van der Waals surface area contributed by atoms with E-state index in [0.29, 0.717) is 5.32 Å². The van der Waals surface area contributed by atoms with Crippen molar-refractivity contribution < 1.29 is 4.39 Å². The summed E-state index contributed by atoms with van der Waals surface area (Å²) in [5.41, 5.74) is 5.36. The fourth-order valence-electron chi connectivity index (χ4n) is 0.907. The SMILES string of the molecule is C[Si](C)(C)c1nc(N)ncc1F. The second kappa shape index (κ2) is 2.82. The van der Waals surface area contributed by atoms with Crippen LogP contribution in [-0.2, 0) is 0 Å². The Morgan fingerprint density at radius 1 is 1.42 bits per heavy atom. The van der Waals surface area contributed by atoms with Gasteiger partial charge in [0.1, 0.15) is 8.07 Å². The first-order chi connectivity index (χ1) is 5.41. The second-order valence-electron chi connectivity index (χ2n) is 3.67. The van der Waals surface area contributed by atoms with Crippen LogP contribution >= 0.6 is 0 Å². The molecule has 0 aliphatic carbocycles. The van der Waals surface area contributed by atoms with E-state index in [-0.39, 0.29) is 11.8 Å². The molecule has 0 amide bonds. The molecule has 1 aromatic heterocycles. The van der Waals surface area contributed by atoms with Crippen LogP contribution in [-0.4, -0.2) is 18.0 Å². The zero-order chi connectivity index (χ0) is 9.35. The van der Waals surface area contributed by atoms with Crippen LogP contribution in [0.1, 0.15) is 0 Å². The largest absolute Gasteiger partial charge is 0.368 e. The van der Waals surface area contributed by atoms with Gasteiger partial charge in [0, 0.05) is 0 Å². The summed E-state index contributed by atoms with van der Waals surface area (Å²) in [7, 11) is -1.72. The zero-order valence-corrected chi connectivity index (χ0v) is 8.43. The molecular weight excluding hydrogens is 173 g/mol. The number of hydrogen-bond acceptors (Lipinski definition) is 3. The molecule has 1 heterocycles. The van der Waals surface area contributed by atoms with Crippen molar-refractivity contribution in [3.63, 3.8) is 0 Å². The second-order valence-corrected chi connectivity index (χ2v) is 8.65. The van der Waals surface area contributed by atoms with E-state index in [1.807, 2.05) is 19.6 Å². The van der Waals surface area contributed by atoms with Gasteiger partial charge in [-0.25, -0.2) is 14.4 Å². The van der Waals surface area contributed by atoms with Gasteiger partial charge in [-0.1, -0.05) is 19.6 Å². The van der Waals surface area contributed by atoms with Crippen LogP contribution in [0.5, 0.6) is 0 Å². The molecule has 0 bridgehead atoms. The molecule has 3 nitrogen and oxygen atoms in total. The maximum absolute atomic E-state index is 13.1. The molecule has 0 aromatic carbocycles. The number of nitrogen functional groups attached to an aromatic ring is 1. The Balaban J connectivity index is 3.23. The predicted octanol–water partition coefficient (Wildman–Crippen LogP) is 0.743. The minimum Gasteiger partial charge on any atom is -0.368 e. The molecule has 0 fully saturated rings. The first-order valence-corrected chi connectivity index (χ1v) is 7.20. The maximum Gasteiger partial charge on any atom is 0.219 e. The standard InChI is InChI=1S/C7H12FN3Si/c1-12(2,3)6-5(8)4-10-7(9)11-6/h4H,1-3H3,(H2,9,10,11). The van der Waals surface area contributed by atoms with Gasteiger partial charge in [-0.15, -0.1) is 0 Å². The van der Waals surface area contributed by atoms with Gasteiger partial charge in [-0.05, 0) is 0 Å². The molecule has 0 saturated heterocycles. The zero-order valence-electron chi connectivity index (χ0n) is 7.43. The van der Waals surface area contributed by atoms with E-state index in [9.17, 15) is 4.39 Å². The number of anilines is 1. The highest BCUT2D eigenvalue weighted by molar-refractivity contribution is 6.88. The minimum absolute atomic E-state index is 0.147. The molecule has 0 aliphatic rings. The molecule has 0 spiro atoms. The first kappa shape index (κ1) is 9.12. The molecule has 2 N–H and O–H groups in total. The molecule has 1 aromatic rings. The van der Waals surface area contributed by atoms with Crippen molar-refractivity contribution in [1.82, 2.24) is 9.97 Å². The monoisotopic (exact) mass is 185 g/mol. The van der Waals surface area contributed by atoms with Gasteiger partial charge >= 0.3 is 0 Å². The minimum atomic E-state index is -1.72. The molecule has 1 rings (SSSR count). The maximum atomic E-state index is 13.1. The summed E-state index contributed by atoms with van der Waals surface area (Å²) in [6.45, 7) is 6.04. The van der Waals surface area contributed by atoms with Gasteiger partial charge < -0.3 is 5.73 Å². The van der Waals surface area contributed by atoms with E-state index < -0.39 is 8.07 Å². The number of nitrogens with two attached hydrogens (primary N) is 1. The van der Waals surface area contributed by atoms with Gasteiger partial charge in [0.25, 0.3) is 0 Å². The summed E-state index contributed by atoms with van der Waals surface area (Å²) in [6.07, 6.45) is 1.13. The molecule has 5 heteroatoms. The Hall–Kier alpha value is -0.973. The summed E-state index contributed by atoms with van der Waals surface area (Å²) in [5, 5.41) is 0.495. The third kappa shape index (κ3) is 1.79. The van der Waals surface area contributed by atoms with Crippen molar-refractivity contribution in [3.8, 4) is 0 Å². The fourth-order valence-corrected chi connectivity index (χ4v) is 2.14. The van der Waals surface area contributed by atoms with E-state index in [1.54, 1.807) is 0 Å². The normalized spacial score (nSPS) is 11.7. The molecule has 0 saturated carbocycles. The van der Waals surface area contributed by atoms with Crippen LogP contribution in [0.3, 0.4) is 0 Å². The lowest BCUT2D eigenvalue weighted by atomic mass is 10.6. The summed E-state index contributed by atoms with van der Waals surface area (Å²) in [6, 6.07) is 0. The van der Waals surface area contributed by atoms with E-state index in [4.69, 9.17) is 5.73 Å². The highest BCUT2D eigenvalue weighted by atomic mass is 28.3. The van der Waals surface area contributed by atoms with Crippen LogP contribution in [0.15, 0.2) is 6.20 Å². The summed E-state index contributed by atoms with van der Waals surface area (Å²) < 4.78 is 13.1. The van der Waals surface area contributed by atoms with E-state index in [1.165, 1.54) is 0 Å². The topological polar surface area (TPSA) is 51.8 Å². The van der Waals surface area contributed by atoms with E-state index in [2.05, 4.69) is 9.97 Å². The first-order valence-electron chi connectivity index (χ1n) is 3.70. The van der Waals surface area contributed by atoms with Crippen LogP contribution in [0.2, 0.25) is 19.6 Å². The van der Waals surface area contributed by atoms with Gasteiger partial charge in [-0.2, -0.15) is 0 Å². The molecule has 0 unspecified atom stereocenters. The lowest BCUT2D eigenvalue weighted by molar-refractivity contribution is 0.623. The van der Waals surface area contributed by atoms with Gasteiger partial charge in [0.2, 0.25) is 5.95 Å². The van der Waals surface area contributed by atoms with E-state index in [0.717, 1.165) is 6.20 Å². The number of nitrogens with zero attached hydrogens (tertiary/aromatic N) is 2. The van der Waals surface area contributed by atoms with Gasteiger partial charge in [0.15, 0.2) is 5.82 Å². The average molecular weight is 185 g/mol. The van der Waals surface area contributed by atoms with Gasteiger partial charge in [-0.3, -0.25) is 0 Å². The molecule has 12 heavy (non-hydrogen) atoms. The molecule has 0 aliphatic heterocycles. The Labute approximate surface area is 71.9 Å². The fraction of sp³-hybridized carbons (Fsp3) is 0.429. The summed E-state index contributed by atoms with van der Waals surface area (Å²) in [4.78, 5) is 7.46. The lowest BCUT2D eigenvalue weighted by Gasteiger charge is -2.15. The molecular formula is C7H12FN3Si. The van der Waals surface area contributed by atoms with Crippen LogP contribution in [0, 0.1) is 5.82 Å². The van der Waals surface area contributed by atoms with Crippen molar-refractivity contribution in [2.75, 3.05) is 5.73 Å². The number of halogens is 1. The number of rotatable bonds is 1. The third-order valence-electron chi connectivity index (χ3n) is 1.47. The van der Waals surface area contributed by atoms with Crippen LogP contribution < -0.4 is 11.1 Å². The average Bonchev–Trinajstić information content (AvgIpc) is 1.92. The van der Waals surface area contributed by atoms with Crippen molar-refractivity contribution >= 4 is 19.3 Å². The third-order valence-corrected chi connectivity index (χ3v) is 3.24. The summed E-state index contributed by atoms with van der Waals surface area (Å²) >= 11 is 0. The van der Waals surface area contributed by atoms with Crippen molar-refractivity contribution in [2.24, 2.45) is 0 Å². The molecule has 66 valence electrons. The van der Waals surface area contributed by atoms with Crippen LogP contribution in [0.4, 0.5) is 10.3 Å². The smallest absolute Gasteiger partial charge is 0.219 e. The highest BCUT2D eigenvalue weighted by Crippen LogP contribution is 2.03. The molecule has 0 atom stereocenters. The number of hydrogen-bond donors (Lipinski definition) is 1. The molecule has 0 radical (unpaired) electrons.